The van der Waals surface area contributed by atoms with Crippen LogP contribution in [0.1, 0.15) is 37.7 Å². The molecule has 1 atom stereocenters. The normalized spacial score (nSPS) is 40.0. The molecule has 0 heterocycles. The van der Waals surface area contributed by atoms with E-state index in [9.17, 15) is 0 Å². The topological polar surface area (TPSA) is 26.0 Å². The number of hydrogen-bond donors (Lipinski definition) is 1. The molecule has 2 heteroatoms. The molecule has 1 aromatic rings. The molecule has 4 bridgehead atoms. The van der Waals surface area contributed by atoms with Gasteiger partial charge in [-0.1, -0.05) is 23.7 Å². The molecule has 1 unspecified atom stereocenters. The van der Waals surface area contributed by atoms with E-state index in [1.165, 1.54) is 37.7 Å². The van der Waals surface area contributed by atoms with Crippen LogP contribution in [0.5, 0.6) is 0 Å². The van der Waals surface area contributed by atoms with Crippen LogP contribution in [-0.4, -0.2) is 6.04 Å². The Kier molecular flexibility index (Phi) is 3.31. The molecular weight excluding hydrogens is 266 g/mol. The largest absolute Gasteiger partial charge is 0.327 e. The number of hydrogen-bond acceptors (Lipinski definition) is 1. The molecule has 1 nitrogen and oxygen atoms in total. The first kappa shape index (κ1) is 13.2. The molecule has 2 N–H and O–H groups in total. The molecule has 20 heavy (non-hydrogen) atoms. The van der Waals surface area contributed by atoms with Crippen LogP contribution < -0.4 is 5.73 Å². The Hall–Kier alpha value is -0.530. The summed E-state index contributed by atoms with van der Waals surface area (Å²) in [6.45, 7) is 0. The highest BCUT2D eigenvalue weighted by Gasteiger charge is 2.49. The van der Waals surface area contributed by atoms with E-state index in [1.54, 1.807) is 0 Å². The Balaban J connectivity index is 1.48. The van der Waals surface area contributed by atoms with E-state index < -0.39 is 0 Å². The van der Waals surface area contributed by atoms with Crippen LogP contribution in [0.2, 0.25) is 5.02 Å². The molecule has 0 spiro atoms. The SMILES string of the molecule is NC(Cc1ccc(Cl)cc1)C1C2CC3CC(C2)CC1C3. The van der Waals surface area contributed by atoms with Crippen LogP contribution in [0.25, 0.3) is 0 Å². The second-order valence-corrected chi connectivity index (χ2v) is 7.94. The molecule has 4 fully saturated rings. The van der Waals surface area contributed by atoms with E-state index in [1.807, 2.05) is 12.1 Å². The Bertz CT molecular complexity index is 453. The van der Waals surface area contributed by atoms with Crippen LogP contribution >= 0.6 is 11.6 Å². The maximum Gasteiger partial charge on any atom is 0.0406 e. The minimum Gasteiger partial charge on any atom is -0.327 e. The van der Waals surface area contributed by atoms with Crippen LogP contribution in [0.4, 0.5) is 0 Å². The standard InChI is InChI=1S/C18H24ClN/c19-16-3-1-11(2-4-16)10-17(20)18-14-6-12-5-13(8-14)9-15(18)7-12/h1-4,12-15,17-18H,5-10,20H2. The Morgan fingerprint density at radius 2 is 1.50 bits per heavy atom. The van der Waals surface area contributed by atoms with Gasteiger partial charge in [0.2, 0.25) is 0 Å². The zero-order chi connectivity index (χ0) is 13.7. The Morgan fingerprint density at radius 3 is 2.05 bits per heavy atom. The molecule has 0 aromatic heterocycles. The van der Waals surface area contributed by atoms with Gasteiger partial charge in [0.25, 0.3) is 0 Å². The molecule has 4 aliphatic rings. The highest BCUT2D eigenvalue weighted by Crippen LogP contribution is 2.57. The lowest BCUT2D eigenvalue weighted by atomic mass is 9.50. The third kappa shape index (κ3) is 2.29. The van der Waals surface area contributed by atoms with E-state index in [2.05, 4.69) is 12.1 Å². The lowest BCUT2D eigenvalue weighted by Crippen LogP contribution is -2.52. The average molecular weight is 290 g/mol. The maximum absolute atomic E-state index is 6.64. The molecule has 0 amide bonds. The number of halogens is 1. The number of nitrogens with two attached hydrogens (primary N) is 1. The summed E-state index contributed by atoms with van der Waals surface area (Å²) in [6.07, 6.45) is 8.40. The van der Waals surface area contributed by atoms with Crippen molar-refractivity contribution in [1.29, 1.82) is 0 Å². The van der Waals surface area contributed by atoms with Crippen molar-refractivity contribution in [3.05, 3.63) is 34.9 Å². The molecular formula is C18H24ClN. The minimum absolute atomic E-state index is 0.339. The fourth-order valence-corrected chi connectivity index (χ4v) is 5.82. The van der Waals surface area contributed by atoms with Crippen molar-refractivity contribution >= 4 is 11.6 Å². The van der Waals surface area contributed by atoms with Gasteiger partial charge in [-0.2, -0.15) is 0 Å². The summed E-state index contributed by atoms with van der Waals surface area (Å²) >= 11 is 5.96. The summed E-state index contributed by atoms with van der Waals surface area (Å²) in [5, 5.41) is 0.817. The van der Waals surface area contributed by atoms with Gasteiger partial charge in [0.15, 0.2) is 0 Å². The van der Waals surface area contributed by atoms with Crippen molar-refractivity contribution in [2.45, 2.75) is 44.6 Å². The molecule has 5 rings (SSSR count). The first-order valence-electron chi connectivity index (χ1n) is 8.19. The number of benzene rings is 1. The Morgan fingerprint density at radius 1 is 0.950 bits per heavy atom. The highest BCUT2D eigenvalue weighted by molar-refractivity contribution is 6.30. The van der Waals surface area contributed by atoms with Crippen molar-refractivity contribution < 1.29 is 0 Å². The maximum atomic E-state index is 6.64. The monoisotopic (exact) mass is 289 g/mol. The van der Waals surface area contributed by atoms with E-state index in [0.29, 0.717) is 6.04 Å². The zero-order valence-electron chi connectivity index (χ0n) is 12.0. The van der Waals surface area contributed by atoms with Gasteiger partial charge in [0.05, 0.1) is 0 Å². The molecule has 0 aliphatic heterocycles. The summed E-state index contributed by atoms with van der Waals surface area (Å²) in [4.78, 5) is 0. The summed E-state index contributed by atoms with van der Waals surface area (Å²) in [5.74, 6) is 4.70. The van der Waals surface area contributed by atoms with Crippen molar-refractivity contribution in [2.75, 3.05) is 0 Å². The number of rotatable bonds is 3. The fourth-order valence-electron chi connectivity index (χ4n) is 5.70. The first-order chi connectivity index (χ1) is 9.69. The molecule has 1 aromatic carbocycles. The van der Waals surface area contributed by atoms with Crippen molar-refractivity contribution in [3.63, 3.8) is 0 Å². The summed E-state index contributed by atoms with van der Waals surface area (Å²) in [5.41, 5.74) is 7.98. The molecule has 108 valence electrons. The average Bonchev–Trinajstić information content (AvgIpc) is 2.40. The highest BCUT2D eigenvalue weighted by atomic mass is 35.5. The molecule has 4 aliphatic carbocycles. The third-order valence-electron chi connectivity index (χ3n) is 6.18. The van der Waals surface area contributed by atoms with Crippen molar-refractivity contribution in [3.8, 4) is 0 Å². The van der Waals surface area contributed by atoms with E-state index in [0.717, 1.165) is 41.0 Å². The molecule has 0 radical (unpaired) electrons. The predicted molar refractivity (Wildman–Crippen MR) is 83.7 cm³/mol. The minimum atomic E-state index is 0.339. The van der Waals surface area contributed by atoms with Crippen LogP contribution in [-0.2, 0) is 6.42 Å². The van der Waals surface area contributed by atoms with Gasteiger partial charge in [-0.05, 0) is 85.8 Å². The van der Waals surface area contributed by atoms with E-state index >= 15 is 0 Å². The van der Waals surface area contributed by atoms with Crippen LogP contribution in [0, 0.1) is 29.6 Å². The molecule has 4 saturated carbocycles. The lowest BCUT2D eigenvalue weighted by Gasteiger charge is -2.56. The van der Waals surface area contributed by atoms with E-state index in [4.69, 9.17) is 17.3 Å². The van der Waals surface area contributed by atoms with Gasteiger partial charge in [-0.3, -0.25) is 0 Å². The summed E-state index contributed by atoms with van der Waals surface area (Å²) in [7, 11) is 0. The van der Waals surface area contributed by atoms with Crippen molar-refractivity contribution in [2.24, 2.45) is 35.3 Å². The van der Waals surface area contributed by atoms with Gasteiger partial charge in [0, 0.05) is 11.1 Å². The van der Waals surface area contributed by atoms with Crippen LogP contribution in [0.3, 0.4) is 0 Å². The van der Waals surface area contributed by atoms with Gasteiger partial charge >= 0.3 is 0 Å². The van der Waals surface area contributed by atoms with Gasteiger partial charge in [-0.15, -0.1) is 0 Å². The Labute approximate surface area is 126 Å². The van der Waals surface area contributed by atoms with Gasteiger partial charge in [-0.25, -0.2) is 0 Å². The quantitative estimate of drug-likeness (QED) is 0.883. The van der Waals surface area contributed by atoms with Crippen molar-refractivity contribution in [1.82, 2.24) is 0 Å². The summed E-state index contributed by atoms with van der Waals surface area (Å²) < 4.78 is 0. The lowest BCUT2D eigenvalue weighted by molar-refractivity contribution is -0.0464. The second kappa shape index (κ2) is 5.03. The van der Waals surface area contributed by atoms with Crippen LogP contribution in [0.15, 0.2) is 24.3 Å². The molecule has 0 saturated heterocycles. The first-order valence-corrected chi connectivity index (χ1v) is 8.57. The van der Waals surface area contributed by atoms with Gasteiger partial charge < -0.3 is 5.73 Å². The summed E-state index contributed by atoms with van der Waals surface area (Å²) in [6, 6.07) is 8.59. The van der Waals surface area contributed by atoms with Gasteiger partial charge in [0.1, 0.15) is 0 Å². The fraction of sp³-hybridized carbons (Fsp3) is 0.667. The third-order valence-corrected chi connectivity index (χ3v) is 6.43. The second-order valence-electron chi connectivity index (χ2n) is 7.50. The zero-order valence-corrected chi connectivity index (χ0v) is 12.7. The van der Waals surface area contributed by atoms with E-state index in [-0.39, 0.29) is 0 Å². The predicted octanol–water partition coefficient (Wildman–Crippen LogP) is 4.28. The smallest absolute Gasteiger partial charge is 0.0406 e.